The Morgan fingerprint density at radius 3 is 3.06 bits per heavy atom. The second-order valence-corrected chi connectivity index (χ2v) is 5.36. The summed E-state index contributed by atoms with van der Waals surface area (Å²) in [7, 11) is 0. The van der Waals surface area contributed by atoms with E-state index in [1.165, 1.54) is 25.7 Å². The Morgan fingerprint density at radius 1 is 1.44 bits per heavy atom. The molecule has 2 heterocycles. The summed E-state index contributed by atoms with van der Waals surface area (Å²) in [5, 5.41) is 0. The quantitative estimate of drug-likeness (QED) is 0.819. The molecule has 16 heavy (non-hydrogen) atoms. The van der Waals surface area contributed by atoms with Crippen molar-refractivity contribution in [1.29, 1.82) is 0 Å². The van der Waals surface area contributed by atoms with Gasteiger partial charge in [-0.15, -0.1) is 0 Å². The maximum absolute atomic E-state index is 4.47. The monoisotopic (exact) mass is 282 g/mol. The van der Waals surface area contributed by atoms with Crippen molar-refractivity contribution in [1.82, 2.24) is 4.98 Å². The van der Waals surface area contributed by atoms with Crippen LogP contribution in [-0.4, -0.2) is 18.1 Å². The predicted molar refractivity (Wildman–Crippen MR) is 71.8 cm³/mol. The molecule has 1 fully saturated rings. The molecule has 1 aromatic rings. The molecule has 3 heteroatoms. The van der Waals surface area contributed by atoms with Crippen LogP contribution in [0.2, 0.25) is 0 Å². The number of nitrogens with zero attached hydrogens (tertiary/aromatic N) is 2. The number of halogens is 1. The predicted octanol–water partition coefficient (Wildman–Crippen LogP) is 3.86. The van der Waals surface area contributed by atoms with Gasteiger partial charge in [0.2, 0.25) is 0 Å². The largest absolute Gasteiger partial charge is 0.356 e. The van der Waals surface area contributed by atoms with Crippen LogP contribution < -0.4 is 4.90 Å². The first-order chi connectivity index (χ1) is 7.81. The van der Waals surface area contributed by atoms with Crippen LogP contribution in [0.25, 0.3) is 0 Å². The lowest BCUT2D eigenvalue weighted by Gasteiger charge is -2.22. The molecule has 88 valence electrons. The van der Waals surface area contributed by atoms with E-state index in [-0.39, 0.29) is 0 Å². The Bertz CT molecular complexity index is 340. The molecule has 0 aliphatic carbocycles. The van der Waals surface area contributed by atoms with Crippen LogP contribution in [0.1, 0.15) is 32.6 Å². The van der Waals surface area contributed by atoms with E-state index >= 15 is 0 Å². The minimum atomic E-state index is 0.910. The minimum absolute atomic E-state index is 0.910. The highest BCUT2D eigenvalue weighted by atomic mass is 79.9. The van der Waals surface area contributed by atoms with Gasteiger partial charge in [-0.25, -0.2) is 4.98 Å². The smallest absolute Gasteiger partial charge is 0.142 e. The lowest BCUT2D eigenvalue weighted by Crippen LogP contribution is -2.25. The first kappa shape index (κ1) is 11.9. The van der Waals surface area contributed by atoms with Crippen molar-refractivity contribution in [2.75, 3.05) is 18.0 Å². The van der Waals surface area contributed by atoms with E-state index in [0.29, 0.717) is 0 Å². The molecule has 1 atom stereocenters. The van der Waals surface area contributed by atoms with E-state index in [1.54, 1.807) is 0 Å². The van der Waals surface area contributed by atoms with Gasteiger partial charge in [0.15, 0.2) is 0 Å². The Balaban J connectivity index is 2.08. The van der Waals surface area contributed by atoms with Crippen molar-refractivity contribution < 1.29 is 0 Å². The molecule has 0 aromatic carbocycles. The zero-order chi connectivity index (χ0) is 11.4. The molecule has 1 aromatic heterocycles. The molecule has 0 saturated carbocycles. The Kier molecular flexibility index (Phi) is 4.22. The van der Waals surface area contributed by atoms with Crippen LogP contribution in [0.5, 0.6) is 0 Å². The summed E-state index contributed by atoms with van der Waals surface area (Å²) in [6.07, 6.45) is 7.16. The molecule has 1 saturated heterocycles. The van der Waals surface area contributed by atoms with Crippen molar-refractivity contribution in [3.8, 4) is 0 Å². The topological polar surface area (TPSA) is 16.1 Å². The molecular weight excluding hydrogens is 264 g/mol. The summed E-state index contributed by atoms with van der Waals surface area (Å²) in [5.74, 6) is 2.02. The van der Waals surface area contributed by atoms with Crippen LogP contribution in [-0.2, 0) is 0 Å². The van der Waals surface area contributed by atoms with Crippen LogP contribution >= 0.6 is 15.9 Å². The van der Waals surface area contributed by atoms with Crippen molar-refractivity contribution in [2.24, 2.45) is 5.92 Å². The first-order valence-corrected chi connectivity index (χ1v) is 6.96. The molecule has 0 radical (unpaired) electrons. The van der Waals surface area contributed by atoms with Crippen molar-refractivity contribution in [2.45, 2.75) is 32.6 Å². The average molecular weight is 283 g/mol. The molecule has 0 N–H and O–H groups in total. The summed E-state index contributed by atoms with van der Waals surface area (Å²) < 4.78 is 1.12. The van der Waals surface area contributed by atoms with Gasteiger partial charge >= 0.3 is 0 Å². The van der Waals surface area contributed by atoms with Gasteiger partial charge in [0.05, 0.1) is 4.47 Å². The summed E-state index contributed by atoms with van der Waals surface area (Å²) >= 11 is 3.59. The fourth-order valence-electron chi connectivity index (χ4n) is 2.40. The highest BCUT2D eigenvalue weighted by Crippen LogP contribution is 2.27. The van der Waals surface area contributed by atoms with E-state index in [9.17, 15) is 0 Å². The minimum Gasteiger partial charge on any atom is -0.356 e. The zero-order valence-corrected chi connectivity index (χ0v) is 11.4. The summed E-state index contributed by atoms with van der Waals surface area (Å²) in [5.41, 5.74) is 0. The van der Waals surface area contributed by atoms with Crippen LogP contribution in [0.15, 0.2) is 22.8 Å². The Hall–Kier alpha value is -0.570. The molecule has 1 aliphatic rings. The third-order valence-corrected chi connectivity index (χ3v) is 4.08. The van der Waals surface area contributed by atoms with Gasteiger partial charge in [0.25, 0.3) is 0 Å². The van der Waals surface area contributed by atoms with Crippen molar-refractivity contribution >= 4 is 21.7 Å². The van der Waals surface area contributed by atoms with Gasteiger partial charge in [-0.1, -0.05) is 13.3 Å². The maximum atomic E-state index is 4.47. The Morgan fingerprint density at radius 2 is 2.31 bits per heavy atom. The lowest BCUT2D eigenvalue weighted by atomic mass is 9.98. The van der Waals surface area contributed by atoms with E-state index in [2.05, 4.69) is 38.8 Å². The number of aromatic nitrogens is 1. The highest BCUT2D eigenvalue weighted by molar-refractivity contribution is 9.10. The molecule has 0 spiro atoms. The molecule has 0 bridgehead atoms. The molecule has 0 amide bonds. The van der Waals surface area contributed by atoms with E-state index in [0.717, 1.165) is 29.3 Å². The second kappa shape index (κ2) is 5.67. The normalized spacial score (nSPS) is 21.9. The molecular formula is C13H19BrN2. The number of rotatable bonds is 2. The van der Waals surface area contributed by atoms with Crippen molar-refractivity contribution in [3.63, 3.8) is 0 Å². The second-order valence-electron chi connectivity index (χ2n) is 4.50. The molecule has 2 nitrogen and oxygen atoms in total. The SMILES string of the molecule is CCC1CCCN(c2ncccc2Br)CC1. The van der Waals surface area contributed by atoms with Crippen LogP contribution in [0.3, 0.4) is 0 Å². The lowest BCUT2D eigenvalue weighted by molar-refractivity contribution is 0.459. The van der Waals surface area contributed by atoms with Gasteiger partial charge in [0, 0.05) is 19.3 Å². The highest BCUT2D eigenvalue weighted by Gasteiger charge is 2.17. The van der Waals surface area contributed by atoms with Gasteiger partial charge in [0.1, 0.15) is 5.82 Å². The van der Waals surface area contributed by atoms with Crippen LogP contribution in [0, 0.1) is 5.92 Å². The zero-order valence-electron chi connectivity index (χ0n) is 9.82. The number of hydrogen-bond donors (Lipinski definition) is 0. The molecule has 1 unspecified atom stereocenters. The summed E-state index contributed by atoms with van der Waals surface area (Å²) in [4.78, 5) is 6.89. The van der Waals surface area contributed by atoms with E-state index < -0.39 is 0 Å². The fourth-order valence-corrected chi connectivity index (χ4v) is 2.90. The third kappa shape index (κ3) is 2.76. The van der Waals surface area contributed by atoms with Gasteiger partial charge in [-0.05, 0) is 53.2 Å². The van der Waals surface area contributed by atoms with E-state index in [1.807, 2.05) is 12.3 Å². The molecule has 1 aliphatic heterocycles. The number of anilines is 1. The third-order valence-electron chi connectivity index (χ3n) is 3.46. The molecule has 2 rings (SSSR count). The standard InChI is InChI=1S/C13H19BrN2/c1-2-11-5-4-9-16(10-7-11)13-12(14)6-3-8-15-13/h3,6,8,11H,2,4-5,7,9-10H2,1H3. The summed E-state index contributed by atoms with van der Waals surface area (Å²) in [6.45, 7) is 4.59. The summed E-state index contributed by atoms with van der Waals surface area (Å²) in [6, 6.07) is 4.05. The average Bonchev–Trinajstić information content (AvgIpc) is 2.55. The number of pyridine rings is 1. The van der Waals surface area contributed by atoms with E-state index in [4.69, 9.17) is 0 Å². The van der Waals surface area contributed by atoms with Gasteiger partial charge in [-0.3, -0.25) is 0 Å². The first-order valence-electron chi connectivity index (χ1n) is 6.16. The van der Waals surface area contributed by atoms with Gasteiger partial charge < -0.3 is 4.90 Å². The maximum Gasteiger partial charge on any atom is 0.142 e. The van der Waals surface area contributed by atoms with Crippen LogP contribution in [0.4, 0.5) is 5.82 Å². The fraction of sp³-hybridized carbons (Fsp3) is 0.615. The number of hydrogen-bond acceptors (Lipinski definition) is 2. The Labute approximate surface area is 106 Å². The van der Waals surface area contributed by atoms with Crippen molar-refractivity contribution in [3.05, 3.63) is 22.8 Å². The van der Waals surface area contributed by atoms with Gasteiger partial charge in [-0.2, -0.15) is 0 Å².